The maximum Gasteiger partial charge on any atom is 0.240 e. The third kappa shape index (κ3) is 4.96. The van der Waals surface area contributed by atoms with Crippen molar-refractivity contribution in [2.24, 2.45) is 0 Å². The average Bonchev–Trinajstić information content (AvgIpc) is 2.45. The minimum atomic E-state index is -3.38. The fourth-order valence-electron chi connectivity index (χ4n) is 2.03. The van der Waals surface area contributed by atoms with Gasteiger partial charge in [0.1, 0.15) is 0 Å². The monoisotopic (exact) mass is 410 g/mol. The van der Waals surface area contributed by atoms with E-state index >= 15 is 0 Å². The number of hydrogen-bond acceptors (Lipinski definition) is 4. The van der Waals surface area contributed by atoms with Gasteiger partial charge in [0.15, 0.2) is 0 Å². The van der Waals surface area contributed by atoms with E-state index < -0.39 is 10.0 Å². The molecule has 7 heteroatoms. The number of sulfonamides is 1. The average molecular weight is 410 g/mol. The van der Waals surface area contributed by atoms with Crippen molar-refractivity contribution < 1.29 is 13.2 Å². The second kappa shape index (κ2) is 7.69. The van der Waals surface area contributed by atoms with E-state index in [1.807, 2.05) is 0 Å². The molecule has 112 valence electrons. The van der Waals surface area contributed by atoms with E-state index in [-0.39, 0.29) is 0 Å². The smallest absolute Gasteiger partial charge is 0.240 e. The molecule has 1 aromatic rings. The minimum Gasteiger partial charge on any atom is -0.379 e. The van der Waals surface area contributed by atoms with E-state index in [1.165, 1.54) is 0 Å². The largest absolute Gasteiger partial charge is 0.379 e. The fourth-order valence-corrected chi connectivity index (χ4v) is 3.46. The van der Waals surface area contributed by atoms with Crippen molar-refractivity contribution in [3.63, 3.8) is 0 Å². The number of nitrogens with zero attached hydrogens (tertiary/aromatic N) is 1. The quantitative estimate of drug-likeness (QED) is 0.568. The molecule has 1 N–H and O–H groups in total. The van der Waals surface area contributed by atoms with Crippen LogP contribution in [0.4, 0.5) is 0 Å². The van der Waals surface area contributed by atoms with Crippen LogP contribution in [-0.2, 0) is 14.8 Å². The number of halogens is 1. The van der Waals surface area contributed by atoms with Gasteiger partial charge in [-0.2, -0.15) is 0 Å². The van der Waals surface area contributed by atoms with E-state index in [4.69, 9.17) is 4.74 Å². The zero-order valence-corrected chi connectivity index (χ0v) is 14.2. The number of hydrogen-bond donors (Lipinski definition) is 1. The lowest BCUT2D eigenvalue weighted by molar-refractivity contribution is 0.0376. The Hall–Kier alpha value is -0.220. The Labute approximate surface area is 133 Å². The van der Waals surface area contributed by atoms with E-state index in [9.17, 15) is 8.42 Å². The summed E-state index contributed by atoms with van der Waals surface area (Å²) in [6.07, 6.45) is 0.809. The van der Waals surface area contributed by atoms with E-state index in [1.54, 1.807) is 24.3 Å². The molecule has 1 aliphatic heterocycles. The minimum absolute atomic E-state index is 0.323. The van der Waals surface area contributed by atoms with Gasteiger partial charge in [0.25, 0.3) is 0 Å². The topological polar surface area (TPSA) is 58.6 Å². The highest BCUT2D eigenvalue weighted by molar-refractivity contribution is 14.1. The molecule has 1 saturated heterocycles. The summed E-state index contributed by atoms with van der Waals surface area (Å²) in [4.78, 5) is 2.62. The molecule has 0 aromatic heterocycles. The summed E-state index contributed by atoms with van der Waals surface area (Å²) in [7, 11) is -3.38. The maximum atomic E-state index is 12.0. The Kier molecular flexibility index (Phi) is 6.21. The van der Waals surface area contributed by atoms with Gasteiger partial charge < -0.3 is 4.74 Å². The summed E-state index contributed by atoms with van der Waals surface area (Å²) in [5.74, 6) is 0. The normalized spacial score (nSPS) is 17.2. The summed E-state index contributed by atoms with van der Waals surface area (Å²) in [5.41, 5.74) is 0. The van der Waals surface area contributed by atoms with Crippen LogP contribution in [0.15, 0.2) is 29.2 Å². The first-order valence-corrected chi connectivity index (χ1v) is 9.19. The van der Waals surface area contributed by atoms with Crippen LogP contribution in [0.1, 0.15) is 6.42 Å². The highest BCUT2D eigenvalue weighted by Gasteiger charge is 2.14. The second-order valence-electron chi connectivity index (χ2n) is 4.66. The highest BCUT2D eigenvalue weighted by atomic mass is 127. The van der Waals surface area contributed by atoms with Crippen molar-refractivity contribution in [1.82, 2.24) is 9.62 Å². The highest BCUT2D eigenvalue weighted by Crippen LogP contribution is 2.11. The molecule has 0 spiro atoms. The molecule has 1 heterocycles. The van der Waals surface area contributed by atoms with Gasteiger partial charge in [-0.25, -0.2) is 13.1 Å². The van der Waals surface area contributed by atoms with Crippen LogP contribution < -0.4 is 4.72 Å². The molecule has 0 unspecified atom stereocenters. The first kappa shape index (κ1) is 16.2. The van der Waals surface area contributed by atoms with Crippen LogP contribution in [0.25, 0.3) is 0 Å². The first-order valence-electron chi connectivity index (χ1n) is 6.63. The van der Waals surface area contributed by atoms with Gasteiger partial charge in [0.2, 0.25) is 10.0 Å². The predicted octanol–water partition coefficient (Wildman–Crippen LogP) is 1.29. The van der Waals surface area contributed by atoms with Crippen LogP contribution in [0.3, 0.4) is 0 Å². The van der Waals surface area contributed by atoms with Gasteiger partial charge in [0.05, 0.1) is 18.1 Å². The number of ether oxygens (including phenoxy) is 1. The van der Waals surface area contributed by atoms with Crippen LogP contribution in [0.2, 0.25) is 0 Å². The van der Waals surface area contributed by atoms with Gasteiger partial charge in [0, 0.05) is 23.2 Å². The molecular formula is C13H19IN2O3S. The molecule has 0 atom stereocenters. The Bertz CT molecular complexity index is 513. The van der Waals surface area contributed by atoms with Crippen LogP contribution in [-0.4, -0.2) is 52.7 Å². The lowest BCUT2D eigenvalue weighted by Gasteiger charge is -2.26. The SMILES string of the molecule is O=S(=O)(NCCCN1CCOCC1)c1ccc(I)cc1. The molecule has 1 aliphatic rings. The lowest BCUT2D eigenvalue weighted by atomic mass is 10.3. The summed E-state index contributed by atoms with van der Waals surface area (Å²) < 4.78 is 33.0. The van der Waals surface area contributed by atoms with Crippen molar-refractivity contribution in [3.8, 4) is 0 Å². The molecule has 0 amide bonds. The van der Waals surface area contributed by atoms with Crippen LogP contribution in [0.5, 0.6) is 0 Å². The van der Waals surface area contributed by atoms with Gasteiger partial charge in [-0.05, 0) is 59.8 Å². The summed E-state index contributed by atoms with van der Waals surface area (Å²) in [6.45, 7) is 4.78. The van der Waals surface area contributed by atoms with Gasteiger partial charge in [-0.1, -0.05) is 0 Å². The molecule has 0 saturated carbocycles. The van der Waals surface area contributed by atoms with Gasteiger partial charge >= 0.3 is 0 Å². The summed E-state index contributed by atoms with van der Waals surface area (Å²) >= 11 is 2.15. The number of nitrogens with one attached hydrogen (secondary N) is 1. The Balaban J connectivity index is 1.76. The van der Waals surface area contributed by atoms with Crippen molar-refractivity contribution in [1.29, 1.82) is 0 Å². The molecule has 0 radical (unpaired) electrons. The van der Waals surface area contributed by atoms with Crippen molar-refractivity contribution in [2.45, 2.75) is 11.3 Å². The summed E-state index contributed by atoms with van der Waals surface area (Å²) in [5, 5.41) is 0. The standard InChI is InChI=1S/C13H19IN2O3S/c14-12-2-4-13(5-3-12)20(17,18)15-6-1-7-16-8-10-19-11-9-16/h2-5,15H,1,6-11H2. The molecule has 20 heavy (non-hydrogen) atoms. The lowest BCUT2D eigenvalue weighted by Crippen LogP contribution is -2.38. The number of benzene rings is 1. The second-order valence-corrected chi connectivity index (χ2v) is 7.67. The molecule has 0 aliphatic carbocycles. The molecule has 5 nitrogen and oxygen atoms in total. The van der Waals surface area contributed by atoms with Crippen molar-refractivity contribution >= 4 is 32.6 Å². The Morgan fingerprint density at radius 2 is 1.85 bits per heavy atom. The molecule has 1 aromatic carbocycles. The molecule has 0 bridgehead atoms. The fraction of sp³-hybridized carbons (Fsp3) is 0.538. The Morgan fingerprint density at radius 1 is 1.20 bits per heavy atom. The van der Waals surface area contributed by atoms with Gasteiger partial charge in [-0.15, -0.1) is 0 Å². The number of rotatable bonds is 6. The van der Waals surface area contributed by atoms with E-state index in [0.717, 1.165) is 42.8 Å². The predicted molar refractivity (Wildman–Crippen MR) is 86.2 cm³/mol. The van der Waals surface area contributed by atoms with Crippen molar-refractivity contribution in [2.75, 3.05) is 39.4 Å². The molecule has 2 rings (SSSR count). The van der Waals surface area contributed by atoms with E-state index in [2.05, 4.69) is 32.2 Å². The third-order valence-electron chi connectivity index (χ3n) is 3.17. The van der Waals surface area contributed by atoms with Gasteiger partial charge in [-0.3, -0.25) is 4.90 Å². The summed E-state index contributed by atoms with van der Waals surface area (Å²) in [6, 6.07) is 6.85. The third-order valence-corrected chi connectivity index (χ3v) is 5.37. The number of morpholine rings is 1. The molecular weight excluding hydrogens is 391 g/mol. The van der Waals surface area contributed by atoms with Crippen LogP contribution in [0, 0.1) is 3.57 Å². The zero-order valence-electron chi connectivity index (χ0n) is 11.2. The maximum absolute atomic E-state index is 12.0. The zero-order chi connectivity index (χ0) is 14.4. The first-order chi connectivity index (χ1) is 9.58. The van der Waals surface area contributed by atoms with Crippen molar-refractivity contribution in [3.05, 3.63) is 27.8 Å². The van der Waals surface area contributed by atoms with E-state index in [0.29, 0.717) is 11.4 Å². The Morgan fingerprint density at radius 3 is 2.50 bits per heavy atom. The van der Waals surface area contributed by atoms with Crippen LogP contribution >= 0.6 is 22.6 Å². The molecule has 1 fully saturated rings.